The Hall–Kier alpha value is -1.49. The Balaban J connectivity index is 1.77. The summed E-state index contributed by atoms with van der Waals surface area (Å²) >= 11 is 1.56. The fourth-order valence-corrected chi connectivity index (χ4v) is 3.48. The highest BCUT2D eigenvalue weighted by molar-refractivity contribution is 7.12. The highest BCUT2D eigenvalue weighted by atomic mass is 32.1. The van der Waals surface area contributed by atoms with Gasteiger partial charge in [-0.05, 0) is 26.3 Å². The number of hydrogen-bond donors (Lipinski definition) is 0. The van der Waals surface area contributed by atoms with Crippen molar-refractivity contribution in [3.8, 4) is 0 Å². The van der Waals surface area contributed by atoms with Gasteiger partial charge in [0.1, 0.15) is 0 Å². The molecule has 0 bridgehead atoms. The van der Waals surface area contributed by atoms with Crippen molar-refractivity contribution in [2.24, 2.45) is 11.8 Å². The van der Waals surface area contributed by atoms with E-state index in [4.69, 9.17) is 0 Å². The lowest BCUT2D eigenvalue weighted by Gasteiger charge is -2.15. The number of nitrogens with zero attached hydrogens (tertiary/aromatic N) is 1. The first kappa shape index (κ1) is 11.6. The number of carbonyl (C=O) groups excluding carboxylic acids is 3. The number of carbonyl (C=O) groups is 3. The first-order valence-corrected chi connectivity index (χ1v) is 6.76. The summed E-state index contributed by atoms with van der Waals surface area (Å²) in [6.45, 7) is 3.73. The van der Waals surface area contributed by atoms with Gasteiger partial charge in [-0.2, -0.15) is 0 Å². The molecule has 1 aromatic heterocycles. The van der Waals surface area contributed by atoms with E-state index in [1.165, 1.54) is 0 Å². The number of aryl methyl sites for hydroxylation is 2. The first-order chi connectivity index (χ1) is 8.49. The van der Waals surface area contributed by atoms with Crippen LogP contribution in [0.3, 0.4) is 0 Å². The monoisotopic (exact) mass is 263 g/mol. The summed E-state index contributed by atoms with van der Waals surface area (Å²) in [6.07, 6.45) is 0.680. The molecule has 0 spiro atoms. The van der Waals surface area contributed by atoms with Gasteiger partial charge < -0.3 is 0 Å². The van der Waals surface area contributed by atoms with E-state index in [1.807, 2.05) is 19.9 Å². The van der Waals surface area contributed by atoms with Gasteiger partial charge in [0, 0.05) is 15.3 Å². The van der Waals surface area contributed by atoms with Crippen molar-refractivity contribution in [2.45, 2.75) is 20.3 Å². The largest absolute Gasteiger partial charge is 0.292 e. The summed E-state index contributed by atoms with van der Waals surface area (Å²) in [6, 6.07) is 1.83. The van der Waals surface area contributed by atoms with Gasteiger partial charge in [-0.15, -0.1) is 11.3 Å². The molecule has 2 unspecified atom stereocenters. The third kappa shape index (κ3) is 1.61. The molecule has 2 fully saturated rings. The molecule has 1 aromatic rings. The van der Waals surface area contributed by atoms with Crippen molar-refractivity contribution in [2.75, 3.05) is 6.54 Å². The smallest absolute Gasteiger partial charge is 0.233 e. The molecule has 2 aliphatic rings. The number of hydrogen-bond acceptors (Lipinski definition) is 4. The van der Waals surface area contributed by atoms with Crippen LogP contribution in [0.4, 0.5) is 0 Å². The third-order valence-corrected chi connectivity index (χ3v) is 4.57. The molecular formula is C13H13NO3S. The van der Waals surface area contributed by atoms with Gasteiger partial charge in [0.05, 0.1) is 18.4 Å². The summed E-state index contributed by atoms with van der Waals surface area (Å²) in [5, 5.41) is 0. The van der Waals surface area contributed by atoms with Gasteiger partial charge >= 0.3 is 0 Å². The molecule has 0 aromatic carbocycles. The minimum atomic E-state index is -0.164. The molecule has 94 valence electrons. The van der Waals surface area contributed by atoms with Crippen LogP contribution in [0.15, 0.2) is 6.07 Å². The van der Waals surface area contributed by atoms with Gasteiger partial charge in [-0.3, -0.25) is 19.3 Å². The number of imide groups is 1. The van der Waals surface area contributed by atoms with E-state index < -0.39 is 0 Å². The second-order valence-electron chi connectivity index (χ2n) is 4.96. The lowest BCUT2D eigenvalue weighted by molar-refractivity contribution is -0.140. The summed E-state index contributed by atoms with van der Waals surface area (Å²) in [7, 11) is 0. The third-order valence-electron chi connectivity index (χ3n) is 3.60. The molecule has 2 amide bonds. The van der Waals surface area contributed by atoms with E-state index in [0.29, 0.717) is 12.0 Å². The van der Waals surface area contributed by atoms with Gasteiger partial charge in [-0.1, -0.05) is 0 Å². The Bertz CT molecular complexity index is 555. The van der Waals surface area contributed by atoms with Crippen LogP contribution in [0.2, 0.25) is 0 Å². The minimum absolute atomic E-state index is 0.0956. The van der Waals surface area contributed by atoms with E-state index in [9.17, 15) is 14.4 Å². The predicted octanol–water partition coefficient (Wildman–Crippen LogP) is 1.55. The Kier molecular flexibility index (Phi) is 2.41. The van der Waals surface area contributed by atoms with Crippen LogP contribution in [0, 0.1) is 25.7 Å². The van der Waals surface area contributed by atoms with Crippen LogP contribution in [0.1, 0.15) is 26.5 Å². The lowest BCUT2D eigenvalue weighted by Crippen LogP contribution is -2.37. The van der Waals surface area contributed by atoms with Gasteiger partial charge in [0.2, 0.25) is 11.8 Å². The Labute approximate surface area is 109 Å². The molecule has 0 radical (unpaired) electrons. The fraction of sp³-hybridized carbons (Fsp3) is 0.462. The van der Waals surface area contributed by atoms with Crippen molar-refractivity contribution in [3.05, 3.63) is 21.4 Å². The predicted molar refractivity (Wildman–Crippen MR) is 66.4 cm³/mol. The summed E-state index contributed by atoms with van der Waals surface area (Å²) in [5.74, 6) is -0.725. The number of likely N-dealkylation sites (tertiary alicyclic amines) is 1. The van der Waals surface area contributed by atoms with Crippen LogP contribution in [0.5, 0.6) is 0 Å². The zero-order valence-corrected chi connectivity index (χ0v) is 11.0. The maximum absolute atomic E-state index is 12.1. The Morgan fingerprint density at radius 2 is 1.94 bits per heavy atom. The van der Waals surface area contributed by atoms with Crippen molar-refractivity contribution < 1.29 is 14.4 Å². The number of fused-ring (bicyclic) bond motifs is 1. The molecule has 0 N–H and O–H groups in total. The molecule has 2 atom stereocenters. The Morgan fingerprint density at radius 3 is 2.44 bits per heavy atom. The summed E-state index contributed by atoms with van der Waals surface area (Å²) < 4.78 is 0. The van der Waals surface area contributed by atoms with Crippen molar-refractivity contribution in [1.82, 2.24) is 4.90 Å². The molecule has 1 saturated carbocycles. The topological polar surface area (TPSA) is 54.5 Å². The van der Waals surface area contributed by atoms with Crippen LogP contribution in [-0.4, -0.2) is 29.0 Å². The standard InChI is InChI=1S/C13H13NO3S/c1-6-3-8(7(2)18-6)11(15)5-14-12(16)9-4-10(9)13(14)17/h3,9-10H,4-5H2,1-2H3. The molecule has 18 heavy (non-hydrogen) atoms. The van der Waals surface area contributed by atoms with Gasteiger partial charge in [-0.25, -0.2) is 0 Å². The normalized spacial score (nSPS) is 25.6. The van der Waals surface area contributed by atoms with Gasteiger partial charge in [0.25, 0.3) is 0 Å². The highest BCUT2D eigenvalue weighted by Gasteiger charge is 2.59. The quantitative estimate of drug-likeness (QED) is 0.614. The average Bonchev–Trinajstić information content (AvgIpc) is 2.98. The summed E-state index contributed by atoms with van der Waals surface area (Å²) in [5.41, 5.74) is 0.638. The second-order valence-corrected chi connectivity index (χ2v) is 6.42. The number of ketones is 1. The minimum Gasteiger partial charge on any atom is -0.292 e. The van der Waals surface area contributed by atoms with Crippen LogP contribution in [0.25, 0.3) is 0 Å². The van der Waals surface area contributed by atoms with E-state index in [2.05, 4.69) is 0 Å². The van der Waals surface area contributed by atoms with Crippen LogP contribution >= 0.6 is 11.3 Å². The molecule has 4 nitrogen and oxygen atoms in total. The van der Waals surface area contributed by atoms with Gasteiger partial charge in [0.15, 0.2) is 5.78 Å². The van der Waals surface area contributed by atoms with E-state index >= 15 is 0 Å². The number of piperidine rings is 1. The maximum atomic E-state index is 12.1. The number of thiophene rings is 1. The molecule has 3 rings (SSSR count). The maximum Gasteiger partial charge on any atom is 0.233 e. The molecule has 2 heterocycles. The number of amides is 2. The van der Waals surface area contributed by atoms with Crippen molar-refractivity contribution in [1.29, 1.82) is 0 Å². The average molecular weight is 263 g/mol. The van der Waals surface area contributed by atoms with Crippen molar-refractivity contribution in [3.63, 3.8) is 0 Å². The van der Waals surface area contributed by atoms with E-state index in [-0.39, 0.29) is 36.0 Å². The lowest BCUT2D eigenvalue weighted by atomic mass is 10.1. The highest BCUT2D eigenvalue weighted by Crippen LogP contribution is 2.46. The molecule has 5 heteroatoms. The van der Waals surface area contributed by atoms with E-state index in [0.717, 1.165) is 14.7 Å². The second kappa shape index (κ2) is 3.75. The molecule has 1 saturated heterocycles. The fourth-order valence-electron chi connectivity index (χ4n) is 2.54. The molecule has 1 aliphatic heterocycles. The first-order valence-electron chi connectivity index (χ1n) is 5.94. The number of rotatable bonds is 3. The molecular weight excluding hydrogens is 250 g/mol. The SMILES string of the molecule is Cc1cc(C(=O)CN2C(=O)C3CC3C2=O)c(C)s1. The number of Topliss-reactive ketones (excluding diaryl/α,β-unsaturated/α-hetero) is 1. The Morgan fingerprint density at radius 1 is 1.33 bits per heavy atom. The zero-order valence-electron chi connectivity index (χ0n) is 10.2. The van der Waals surface area contributed by atoms with Crippen molar-refractivity contribution >= 4 is 28.9 Å². The van der Waals surface area contributed by atoms with Crippen LogP contribution in [-0.2, 0) is 9.59 Å². The molecule has 1 aliphatic carbocycles. The van der Waals surface area contributed by atoms with Crippen LogP contribution < -0.4 is 0 Å². The zero-order chi connectivity index (χ0) is 13.0. The van der Waals surface area contributed by atoms with E-state index in [1.54, 1.807) is 11.3 Å². The summed E-state index contributed by atoms with van der Waals surface area (Å²) in [4.78, 5) is 38.8.